The summed E-state index contributed by atoms with van der Waals surface area (Å²) in [7, 11) is 0. The van der Waals surface area contributed by atoms with Crippen LogP contribution in [0, 0.1) is 11.8 Å². The molecule has 0 unspecified atom stereocenters. The van der Waals surface area contributed by atoms with Crippen LogP contribution in [0.3, 0.4) is 0 Å². The third-order valence-electron chi connectivity index (χ3n) is 4.94. The molecule has 0 radical (unpaired) electrons. The van der Waals surface area contributed by atoms with E-state index in [1.54, 1.807) is 30.3 Å². The van der Waals surface area contributed by atoms with Gasteiger partial charge in [-0.2, -0.15) is 0 Å². The van der Waals surface area contributed by atoms with Crippen molar-refractivity contribution in [3.8, 4) is 0 Å². The van der Waals surface area contributed by atoms with Gasteiger partial charge in [0.05, 0.1) is 5.56 Å². The summed E-state index contributed by atoms with van der Waals surface area (Å²) < 4.78 is 6.60. The Morgan fingerprint density at radius 2 is 1.73 bits per heavy atom. The zero-order valence-corrected chi connectivity index (χ0v) is 16.0. The number of carbonyl (C=O) groups excluding carboxylic acids is 2. The number of hydrogen-bond donors (Lipinski definition) is 0. The summed E-state index contributed by atoms with van der Waals surface area (Å²) in [5.74, 6) is -0.433. The first-order chi connectivity index (χ1) is 12.6. The molecule has 1 fully saturated rings. The van der Waals surface area contributed by atoms with Crippen LogP contribution in [0.5, 0.6) is 0 Å². The summed E-state index contributed by atoms with van der Waals surface area (Å²) in [4.78, 5) is 25.3. The minimum absolute atomic E-state index is 0.0281. The quantitative estimate of drug-likeness (QED) is 0.359. The van der Waals surface area contributed by atoms with Crippen molar-refractivity contribution < 1.29 is 14.3 Å². The van der Waals surface area contributed by atoms with Crippen LogP contribution >= 0.6 is 15.9 Å². The summed E-state index contributed by atoms with van der Waals surface area (Å²) in [6.07, 6.45) is 3.81. The number of benzene rings is 2. The maximum Gasteiger partial charge on any atom is 0.338 e. The fourth-order valence-electron chi connectivity index (χ4n) is 3.61. The van der Waals surface area contributed by atoms with Crippen molar-refractivity contribution in [1.29, 1.82) is 0 Å². The minimum Gasteiger partial charge on any atom is -0.454 e. The molecule has 0 spiro atoms. The Hall–Kier alpha value is -2.20. The van der Waals surface area contributed by atoms with Crippen molar-refractivity contribution in [1.82, 2.24) is 0 Å². The van der Waals surface area contributed by atoms with Gasteiger partial charge in [0.25, 0.3) is 0 Å². The predicted molar refractivity (Wildman–Crippen MR) is 105 cm³/mol. The molecule has 4 heteroatoms. The van der Waals surface area contributed by atoms with Crippen molar-refractivity contribution >= 4 is 27.7 Å². The fourth-order valence-corrected chi connectivity index (χ4v) is 3.88. The van der Waals surface area contributed by atoms with Gasteiger partial charge in [-0.15, -0.1) is 0 Å². The second kappa shape index (κ2) is 8.45. The highest BCUT2D eigenvalue weighted by atomic mass is 79.9. The van der Waals surface area contributed by atoms with Crippen LogP contribution in [-0.4, -0.2) is 17.9 Å². The van der Waals surface area contributed by atoms with E-state index in [-0.39, 0.29) is 23.6 Å². The molecule has 26 heavy (non-hydrogen) atoms. The molecule has 1 saturated carbocycles. The molecular formula is C22H21BrO3. The van der Waals surface area contributed by atoms with Crippen LogP contribution in [0.2, 0.25) is 0 Å². The normalized spacial score (nSPS) is 20.3. The lowest BCUT2D eigenvalue weighted by molar-refractivity contribution is 0.0223. The Kier molecular flexibility index (Phi) is 6.04. The summed E-state index contributed by atoms with van der Waals surface area (Å²) in [6, 6.07) is 16.4. The van der Waals surface area contributed by atoms with Gasteiger partial charge in [-0.1, -0.05) is 65.3 Å². The maximum atomic E-state index is 12.9. The van der Waals surface area contributed by atoms with Crippen LogP contribution in [0.15, 0.2) is 71.7 Å². The molecule has 3 nitrogen and oxygen atoms in total. The molecule has 0 N–H and O–H groups in total. The second-order valence-corrected chi connectivity index (χ2v) is 7.46. The largest absolute Gasteiger partial charge is 0.454 e. The molecule has 0 aliphatic heterocycles. The van der Waals surface area contributed by atoms with Crippen LogP contribution < -0.4 is 0 Å². The van der Waals surface area contributed by atoms with Gasteiger partial charge in [-0.3, -0.25) is 4.79 Å². The monoisotopic (exact) mass is 412 g/mol. The van der Waals surface area contributed by atoms with Crippen LogP contribution in [0.25, 0.3) is 0 Å². The van der Waals surface area contributed by atoms with E-state index in [4.69, 9.17) is 4.74 Å². The maximum absolute atomic E-state index is 12.9. The number of halogens is 1. The SMILES string of the molecule is C=C[C@@H](OC(=O)c1ccc(Br)cc1)[C@H]1CCC[C@@H]1C(=O)c1ccccc1. The van der Waals surface area contributed by atoms with Crippen LogP contribution in [0.4, 0.5) is 0 Å². The van der Waals surface area contributed by atoms with Crippen molar-refractivity contribution in [2.75, 3.05) is 0 Å². The van der Waals surface area contributed by atoms with E-state index in [2.05, 4.69) is 22.5 Å². The molecule has 0 bridgehead atoms. The molecule has 1 aliphatic rings. The number of Topliss-reactive ketones (excluding diaryl/α,β-unsaturated/α-hetero) is 1. The lowest BCUT2D eigenvalue weighted by Crippen LogP contribution is -2.31. The van der Waals surface area contributed by atoms with Crippen LogP contribution in [-0.2, 0) is 4.74 Å². The Labute approximate surface area is 162 Å². The van der Waals surface area contributed by atoms with E-state index in [9.17, 15) is 9.59 Å². The molecule has 2 aromatic carbocycles. The summed E-state index contributed by atoms with van der Waals surface area (Å²) in [6.45, 7) is 3.84. The van der Waals surface area contributed by atoms with Crippen molar-refractivity contribution in [3.05, 3.63) is 82.9 Å². The number of hydrogen-bond acceptors (Lipinski definition) is 3. The average molecular weight is 413 g/mol. The first-order valence-electron chi connectivity index (χ1n) is 8.78. The van der Waals surface area contributed by atoms with Crippen molar-refractivity contribution in [3.63, 3.8) is 0 Å². The predicted octanol–water partition coefficient (Wildman–Crippen LogP) is 5.46. The molecule has 0 saturated heterocycles. The van der Waals surface area contributed by atoms with E-state index in [0.717, 1.165) is 23.7 Å². The minimum atomic E-state index is -0.466. The van der Waals surface area contributed by atoms with E-state index in [1.807, 2.05) is 30.3 Å². The lowest BCUT2D eigenvalue weighted by Gasteiger charge is -2.25. The highest BCUT2D eigenvalue weighted by Gasteiger charge is 2.39. The number of ether oxygens (including phenoxy) is 1. The first kappa shape index (κ1) is 18.6. The highest BCUT2D eigenvalue weighted by Crippen LogP contribution is 2.38. The molecular weight excluding hydrogens is 392 g/mol. The Morgan fingerprint density at radius 3 is 2.38 bits per heavy atom. The number of ketones is 1. The summed E-state index contributed by atoms with van der Waals surface area (Å²) >= 11 is 3.35. The molecule has 1 aliphatic carbocycles. The molecule has 3 atom stereocenters. The zero-order chi connectivity index (χ0) is 18.5. The molecule has 0 aromatic heterocycles. The Morgan fingerprint density at radius 1 is 1.04 bits per heavy atom. The number of carbonyl (C=O) groups is 2. The van der Waals surface area contributed by atoms with Gasteiger partial charge in [-0.05, 0) is 37.1 Å². The third kappa shape index (κ3) is 4.13. The lowest BCUT2D eigenvalue weighted by atomic mass is 9.85. The van der Waals surface area contributed by atoms with E-state index >= 15 is 0 Å². The Balaban J connectivity index is 1.74. The van der Waals surface area contributed by atoms with Gasteiger partial charge >= 0.3 is 5.97 Å². The third-order valence-corrected chi connectivity index (χ3v) is 5.47. The smallest absolute Gasteiger partial charge is 0.338 e. The topological polar surface area (TPSA) is 43.4 Å². The average Bonchev–Trinajstić information content (AvgIpc) is 3.16. The summed E-state index contributed by atoms with van der Waals surface area (Å²) in [5, 5.41) is 0. The first-order valence-corrected chi connectivity index (χ1v) is 9.58. The van der Waals surface area contributed by atoms with Crippen molar-refractivity contribution in [2.45, 2.75) is 25.4 Å². The standard InChI is InChI=1S/C22H21BrO3/c1-2-20(26-22(25)16-11-13-17(23)14-12-16)18-9-6-10-19(18)21(24)15-7-4-3-5-8-15/h2-5,7-8,11-14,18-20H,1,6,9-10H2/t18-,19-,20+/m0/s1. The van der Waals surface area contributed by atoms with E-state index in [0.29, 0.717) is 11.1 Å². The van der Waals surface area contributed by atoms with Gasteiger partial charge in [0.15, 0.2) is 5.78 Å². The molecule has 134 valence electrons. The van der Waals surface area contributed by atoms with Gasteiger partial charge < -0.3 is 4.74 Å². The van der Waals surface area contributed by atoms with Crippen molar-refractivity contribution in [2.24, 2.45) is 11.8 Å². The van der Waals surface area contributed by atoms with Gasteiger partial charge in [0.1, 0.15) is 6.10 Å². The fraction of sp³-hybridized carbons (Fsp3) is 0.273. The zero-order valence-electron chi connectivity index (χ0n) is 14.4. The van der Waals surface area contributed by atoms with Gasteiger partial charge in [0.2, 0.25) is 0 Å². The second-order valence-electron chi connectivity index (χ2n) is 6.54. The Bertz CT molecular complexity index is 783. The highest BCUT2D eigenvalue weighted by molar-refractivity contribution is 9.10. The van der Waals surface area contributed by atoms with Gasteiger partial charge in [0, 0.05) is 21.9 Å². The molecule has 2 aromatic rings. The van der Waals surface area contributed by atoms with Crippen LogP contribution in [0.1, 0.15) is 40.0 Å². The van der Waals surface area contributed by atoms with E-state index < -0.39 is 6.10 Å². The molecule has 3 rings (SSSR count). The molecule has 0 heterocycles. The number of esters is 1. The number of rotatable bonds is 6. The summed E-state index contributed by atoms with van der Waals surface area (Å²) in [5.41, 5.74) is 1.20. The molecule has 0 amide bonds. The van der Waals surface area contributed by atoms with E-state index in [1.165, 1.54) is 0 Å². The van der Waals surface area contributed by atoms with Gasteiger partial charge in [-0.25, -0.2) is 4.79 Å².